The summed E-state index contributed by atoms with van der Waals surface area (Å²) in [6, 6.07) is 9.91. The van der Waals surface area contributed by atoms with Crippen LogP contribution < -0.4 is 4.74 Å². The molecule has 0 spiro atoms. The molecule has 0 N–H and O–H groups in total. The van der Waals surface area contributed by atoms with Crippen LogP contribution in [0.1, 0.15) is 11.1 Å². The van der Waals surface area contributed by atoms with E-state index in [4.69, 9.17) is 21.6 Å². The molecule has 0 radical (unpaired) electrons. The molecule has 0 fully saturated rings. The maximum absolute atomic E-state index is 13.4. The number of halogens is 3. The Morgan fingerprint density at radius 1 is 1.16 bits per heavy atom. The molecule has 2 rings (SSSR count). The van der Waals surface area contributed by atoms with Gasteiger partial charge in [0.1, 0.15) is 18.5 Å². The van der Waals surface area contributed by atoms with Crippen LogP contribution in [0.3, 0.4) is 0 Å². The van der Waals surface area contributed by atoms with E-state index in [1.807, 2.05) is 0 Å². The SMILES string of the molecule is N#Cc1cc(COc2c(F)cccc2Cl)ccc1F. The summed E-state index contributed by atoms with van der Waals surface area (Å²) in [6.07, 6.45) is 0. The van der Waals surface area contributed by atoms with Gasteiger partial charge in [0.2, 0.25) is 0 Å². The molecule has 0 aliphatic rings. The van der Waals surface area contributed by atoms with Crippen LogP contribution in [0.15, 0.2) is 36.4 Å². The first-order valence-electron chi connectivity index (χ1n) is 5.37. The van der Waals surface area contributed by atoms with Crippen molar-refractivity contribution >= 4 is 11.6 Å². The zero-order valence-electron chi connectivity index (χ0n) is 9.66. The van der Waals surface area contributed by atoms with Crippen LogP contribution in [0.5, 0.6) is 5.75 Å². The molecular formula is C14H8ClF2NO. The van der Waals surface area contributed by atoms with Gasteiger partial charge in [0.05, 0.1) is 10.6 Å². The number of rotatable bonds is 3. The molecule has 0 unspecified atom stereocenters. The van der Waals surface area contributed by atoms with Crippen molar-refractivity contribution < 1.29 is 13.5 Å². The van der Waals surface area contributed by atoms with Gasteiger partial charge in [-0.2, -0.15) is 5.26 Å². The van der Waals surface area contributed by atoms with Crippen molar-refractivity contribution in [2.45, 2.75) is 6.61 Å². The maximum Gasteiger partial charge on any atom is 0.174 e. The first-order chi connectivity index (χ1) is 9.11. The van der Waals surface area contributed by atoms with Gasteiger partial charge < -0.3 is 4.74 Å². The van der Waals surface area contributed by atoms with Gasteiger partial charge in [-0.25, -0.2) is 8.78 Å². The van der Waals surface area contributed by atoms with Crippen molar-refractivity contribution in [1.82, 2.24) is 0 Å². The zero-order valence-corrected chi connectivity index (χ0v) is 10.4. The summed E-state index contributed by atoms with van der Waals surface area (Å²) < 4.78 is 31.8. The summed E-state index contributed by atoms with van der Waals surface area (Å²) in [7, 11) is 0. The predicted molar refractivity (Wildman–Crippen MR) is 66.9 cm³/mol. The maximum atomic E-state index is 13.4. The molecule has 2 aromatic carbocycles. The minimum absolute atomic E-state index is 0.00435. The van der Waals surface area contributed by atoms with Crippen molar-refractivity contribution in [2.24, 2.45) is 0 Å². The fraction of sp³-hybridized carbons (Fsp3) is 0.0714. The molecule has 0 saturated heterocycles. The number of ether oxygens (including phenoxy) is 1. The van der Waals surface area contributed by atoms with Crippen LogP contribution in [0.4, 0.5) is 8.78 Å². The van der Waals surface area contributed by atoms with Crippen LogP contribution in [-0.2, 0) is 6.61 Å². The van der Waals surface area contributed by atoms with Crippen molar-refractivity contribution in [3.8, 4) is 11.8 Å². The predicted octanol–water partition coefficient (Wildman–Crippen LogP) is 4.07. The van der Waals surface area contributed by atoms with Crippen LogP contribution in [-0.4, -0.2) is 0 Å². The van der Waals surface area contributed by atoms with E-state index in [9.17, 15) is 8.78 Å². The Morgan fingerprint density at radius 2 is 1.95 bits per heavy atom. The van der Waals surface area contributed by atoms with Crippen LogP contribution in [0.25, 0.3) is 0 Å². The summed E-state index contributed by atoms with van der Waals surface area (Å²) in [5.41, 5.74) is 0.470. The Hall–Kier alpha value is -2.12. The highest BCUT2D eigenvalue weighted by Crippen LogP contribution is 2.28. The van der Waals surface area contributed by atoms with Crippen LogP contribution in [0.2, 0.25) is 5.02 Å². The van der Waals surface area contributed by atoms with Crippen molar-refractivity contribution in [2.75, 3.05) is 0 Å². The second kappa shape index (κ2) is 5.68. The van der Waals surface area contributed by atoms with E-state index in [2.05, 4.69) is 0 Å². The van der Waals surface area contributed by atoms with Gasteiger partial charge in [-0.05, 0) is 29.8 Å². The number of nitriles is 1. The number of nitrogens with zero attached hydrogens (tertiary/aromatic N) is 1. The molecule has 0 amide bonds. The molecule has 0 aromatic heterocycles. The minimum atomic E-state index is -0.602. The van der Waals surface area contributed by atoms with Crippen LogP contribution in [0, 0.1) is 23.0 Å². The smallest absolute Gasteiger partial charge is 0.174 e. The lowest BCUT2D eigenvalue weighted by Crippen LogP contribution is -1.99. The largest absolute Gasteiger partial charge is 0.484 e. The molecule has 0 bridgehead atoms. The number of para-hydroxylation sites is 1. The normalized spacial score (nSPS) is 10.0. The van der Waals surface area contributed by atoms with E-state index >= 15 is 0 Å². The summed E-state index contributed by atoms with van der Waals surface area (Å²) in [6.45, 7) is -0.00435. The fourth-order valence-electron chi connectivity index (χ4n) is 1.52. The van der Waals surface area contributed by atoms with Crippen molar-refractivity contribution in [3.05, 3.63) is 64.2 Å². The lowest BCUT2D eigenvalue weighted by molar-refractivity contribution is 0.290. The minimum Gasteiger partial charge on any atom is -0.484 e. The molecular weight excluding hydrogens is 272 g/mol. The van der Waals surface area contributed by atoms with Gasteiger partial charge in [0.25, 0.3) is 0 Å². The van der Waals surface area contributed by atoms with E-state index in [1.165, 1.54) is 36.4 Å². The number of hydrogen-bond donors (Lipinski definition) is 0. The molecule has 0 heterocycles. The Kier molecular flexibility index (Phi) is 3.98. The summed E-state index contributed by atoms with van der Waals surface area (Å²) in [4.78, 5) is 0. The van der Waals surface area contributed by atoms with E-state index in [-0.39, 0.29) is 22.9 Å². The lowest BCUT2D eigenvalue weighted by atomic mass is 10.1. The molecule has 2 aromatic rings. The van der Waals surface area contributed by atoms with Gasteiger partial charge >= 0.3 is 0 Å². The highest BCUT2D eigenvalue weighted by molar-refractivity contribution is 6.32. The van der Waals surface area contributed by atoms with E-state index in [0.717, 1.165) is 0 Å². The topological polar surface area (TPSA) is 33.0 Å². The Bertz CT molecular complexity index is 632. The molecule has 0 atom stereocenters. The quantitative estimate of drug-likeness (QED) is 0.848. The summed E-state index contributed by atoms with van der Waals surface area (Å²) >= 11 is 5.80. The average molecular weight is 280 g/mol. The standard InChI is InChI=1S/C14H8ClF2NO/c15-11-2-1-3-13(17)14(11)19-8-9-4-5-12(16)10(6-9)7-18/h1-6H,8H2. The zero-order chi connectivity index (χ0) is 13.8. The van der Waals surface area contributed by atoms with Crippen molar-refractivity contribution in [1.29, 1.82) is 5.26 Å². The highest BCUT2D eigenvalue weighted by atomic mass is 35.5. The lowest BCUT2D eigenvalue weighted by Gasteiger charge is -2.09. The molecule has 96 valence electrons. The third-order valence-corrected chi connectivity index (χ3v) is 2.75. The van der Waals surface area contributed by atoms with Gasteiger partial charge in [0.15, 0.2) is 11.6 Å². The number of hydrogen-bond acceptors (Lipinski definition) is 2. The van der Waals surface area contributed by atoms with Gasteiger partial charge in [0, 0.05) is 0 Å². The molecule has 0 aliphatic carbocycles. The average Bonchev–Trinajstić information content (AvgIpc) is 2.40. The van der Waals surface area contributed by atoms with Gasteiger partial charge in [-0.3, -0.25) is 0 Å². The summed E-state index contributed by atoms with van der Waals surface area (Å²) in [5, 5.41) is 8.86. The Balaban J connectivity index is 2.17. The van der Waals surface area contributed by atoms with E-state index in [0.29, 0.717) is 5.56 Å². The molecule has 0 saturated carbocycles. The van der Waals surface area contributed by atoms with Gasteiger partial charge in [-0.1, -0.05) is 23.7 Å². The molecule has 2 nitrogen and oxygen atoms in total. The summed E-state index contributed by atoms with van der Waals surface area (Å²) in [5.74, 6) is -1.24. The first kappa shape index (κ1) is 13.3. The highest BCUT2D eigenvalue weighted by Gasteiger charge is 2.09. The Labute approximate surface area is 113 Å². The third kappa shape index (κ3) is 3.01. The monoisotopic (exact) mass is 279 g/mol. The molecule has 19 heavy (non-hydrogen) atoms. The number of benzene rings is 2. The fourth-order valence-corrected chi connectivity index (χ4v) is 1.74. The second-order valence-electron chi connectivity index (χ2n) is 3.77. The molecule has 0 aliphatic heterocycles. The molecule has 5 heteroatoms. The second-order valence-corrected chi connectivity index (χ2v) is 4.17. The van der Waals surface area contributed by atoms with Crippen LogP contribution >= 0.6 is 11.6 Å². The van der Waals surface area contributed by atoms with Gasteiger partial charge in [-0.15, -0.1) is 0 Å². The van der Waals surface area contributed by atoms with Crippen molar-refractivity contribution in [3.63, 3.8) is 0 Å². The van der Waals surface area contributed by atoms with E-state index < -0.39 is 11.6 Å². The Morgan fingerprint density at radius 3 is 2.63 bits per heavy atom. The third-order valence-electron chi connectivity index (χ3n) is 2.45. The first-order valence-corrected chi connectivity index (χ1v) is 5.75. The van der Waals surface area contributed by atoms with E-state index in [1.54, 1.807) is 6.07 Å².